The summed E-state index contributed by atoms with van der Waals surface area (Å²) in [4.78, 5) is 4.94. The molecule has 6 rings (SSSR count). The highest BCUT2D eigenvalue weighted by Gasteiger charge is 2.52. The third-order valence-corrected chi connectivity index (χ3v) is 6.66. The number of nitrogens with zero attached hydrogens (tertiary/aromatic N) is 1. The number of fused-ring (bicyclic) bond motifs is 7. The maximum Gasteiger partial charge on any atom is 0.0726 e. The molecule has 0 spiro atoms. The normalized spacial score (nSPS) is 28.2. The van der Waals surface area contributed by atoms with Crippen LogP contribution in [0.3, 0.4) is 0 Å². The van der Waals surface area contributed by atoms with Gasteiger partial charge in [-0.2, -0.15) is 0 Å². The Balaban J connectivity index is 1.48. The van der Waals surface area contributed by atoms with Crippen molar-refractivity contribution in [1.29, 1.82) is 5.41 Å². The van der Waals surface area contributed by atoms with Crippen LogP contribution < -0.4 is 11.1 Å². The van der Waals surface area contributed by atoms with E-state index in [0.29, 0.717) is 17.9 Å². The van der Waals surface area contributed by atoms with Crippen molar-refractivity contribution in [3.05, 3.63) is 65.4 Å². The first-order valence-electron chi connectivity index (χ1n) is 9.33. The lowest BCUT2D eigenvalue weighted by molar-refractivity contribution is 0.453. The maximum atomic E-state index is 8.86. The zero-order valence-electron chi connectivity index (χ0n) is 14.4. The van der Waals surface area contributed by atoms with Crippen LogP contribution in [0.2, 0.25) is 0 Å². The highest BCUT2D eigenvalue weighted by atomic mass is 15.0. The fourth-order valence-corrected chi connectivity index (χ4v) is 5.63. The van der Waals surface area contributed by atoms with Crippen molar-refractivity contribution in [2.45, 2.75) is 24.8 Å². The van der Waals surface area contributed by atoms with Crippen molar-refractivity contribution in [1.82, 2.24) is 4.98 Å². The van der Waals surface area contributed by atoms with E-state index >= 15 is 0 Å². The Hall–Kier alpha value is -2.88. The number of benzene rings is 2. The average molecular weight is 340 g/mol. The number of hydrogen-bond donors (Lipinski definition) is 3. The average Bonchev–Trinajstić information content (AvgIpc) is 3.17. The Kier molecular flexibility index (Phi) is 2.67. The number of pyridine rings is 1. The minimum absolute atomic E-state index is 0.242. The zero-order chi connectivity index (χ0) is 17.4. The number of nitrogens with two attached hydrogens (primary N) is 1. The van der Waals surface area contributed by atoms with Gasteiger partial charge < -0.3 is 16.5 Å². The van der Waals surface area contributed by atoms with Gasteiger partial charge in [-0.1, -0.05) is 36.4 Å². The number of rotatable bonds is 0. The molecule has 2 heterocycles. The molecule has 26 heavy (non-hydrogen) atoms. The van der Waals surface area contributed by atoms with E-state index in [4.69, 9.17) is 16.1 Å². The van der Waals surface area contributed by atoms with Crippen molar-refractivity contribution < 1.29 is 0 Å². The standard InChI is InChI=1S/C22H20N4/c23-21-11-5-1-3-7-15(11)25-17-10-14-13(19(17)21)9-18-20(14)22(24)12-6-2-4-8-16(12)26-18/h1-8,13-14,17,19,23,25H,9-10H2,(H2,24,26). The van der Waals surface area contributed by atoms with E-state index < -0.39 is 0 Å². The van der Waals surface area contributed by atoms with E-state index in [2.05, 4.69) is 23.5 Å². The van der Waals surface area contributed by atoms with Crippen LogP contribution in [0.1, 0.15) is 29.2 Å². The van der Waals surface area contributed by atoms with Crippen molar-refractivity contribution in [3.8, 4) is 0 Å². The van der Waals surface area contributed by atoms with Gasteiger partial charge in [-0.25, -0.2) is 0 Å². The summed E-state index contributed by atoms with van der Waals surface area (Å²) >= 11 is 0. The molecule has 4 unspecified atom stereocenters. The van der Waals surface area contributed by atoms with Gasteiger partial charge >= 0.3 is 0 Å². The fourth-order valence-electron chi connectivity index (χ4n) is 5.63. The van der Waals surface area contributed by atoms with E-state index in [1.165, 1.54) is 5.56 Å². The predicted octanol–water partition coefficient (Wildman–Crippen LogP) is 3.95. The number of para-hydroxylation sites is 2. The lowest BCUT2D eigenvalue weighted by Crippen LogP contribution is -2.38. The van der Waals surface area contributed by atoms with Crippen molar-refractivity contribution in [3.63, 3.8) is 0 Å². The Labute approximate surface area is 152 Å². The van der Waals surface area contributed by atoms with E-state index in [1.54, 1.807) is 0 Å². The molecule has 4 heteroatoms. The van der Waals surface area contributed by atoms with Crippen LogP contribution in [0.5, 0.6) is 0 Å². The SMILES string of the molecule is N=C1c2ccccc2NC2CC3c4c(nc5ccccc5c4N)CC3C12. The molecule has 1 aliphatic heterocycles. The molecule has 1 fully saturated rings. The molecule has 3 aliphatic rings. The van der Waals surface area contributed by atoms with Gasteiger partial charge in [-0.3, -0.25) is 4.98 Å². The summed E-state index contributed by atoms with van der Waals surface area (Å²) in [5, 5.41) is 13.6. The minimum Gasteiger partial charge on any atom is -0.398 e. The monoisotopic (exact) mass is 340 g/mol. The molecule has 3 aromatic rings. The summed E-state index contributed by atoms with van der Waals surface area (Å²) < 4.78 is 0. The molecule has 0 amide bonds. The fraction of sp³-hybridized carbons (Fsp3) is 0.273. The second-order valence-electron chi connectivity index (χ2n) is 7.85. The summed E-state index contributed by atoms with van der Waals surface area (Å²) in [5.41, 5.74) is 13.9. The molecule has 0 bridgehead atoms. The molecule has 2 aromatic carbocycles. The van der Waals surface area contributed by atoms with E-state index in [0.717, 1.165) is 52.1 Å². The Morgan fingerprint density at radius 2 is 1.88 bits per heavy atom. The van der Waals surface area contributed by atoms with Gasteiger partial charge in [0.25, 0.3) is 0 Å². The lowest BCUT2D eigenvalue weighted by atomic mass is 9.80. The van der Waals surface area contributed by atoms with Crippen LogP contribution in [0.25, 0.3) is 10.9 Å². The first kappa shape index (κ1) is 14.3. The largest absolute Gasteiger partial charge is 0.398 e. The summed E-state index contributed by atoms with van der Waals surface area (Å²) in [5.74, 6) is 1.07. The lowest BCUT2D eigenvalue weighted by Gasteiger charge is -2.33. The Morgan fingerprint density at radius 1 is 1.08 bits per heavy atom. The molecule has 1 saturated carbocycles. The third kappa shape index (κ3) is 1.69. The molecular weight excluding hydrogens is 320 g/mol. The van der Waals surface area contributed by atoms with Crippen LogP contribution >= 0.6 is 0 Å². The summed E-state index contributed by atoms with van der Waals surface area (Å²) in [6.45, 7) is 0. The van der Waals surface area contributed by atoms with Gasteiger partial charge in [-0.05, 0) is 36.8 Å². The minimum atomic E-state index is 0.242. The molecule has 4 atom stereocenters. The molecule has 4 N–H and O–H groups in total. The van der Waals surface area contributed by atoms with Crippen LogP contribution in [0.15, 0.2) is 48.5 Å². The molecule has 0 radical (unpaired) electrons. The second-order valence-corrected chi connectivity index (χ2v) is 7.85. The molecule has 1 aromatic heterocycles. The number of nitrogens with one attached hydrogen (secondary N) is 2. The predicted molar refractivity (Wildman–Crippen MR) is 105 cm³/mol. The first-order valence-corrected chi connectivity index (χ1v) is 9.33. The first-order chi connectivity index (χ1) is 12.7. The summed E-state index contributed by atoms with van der Waals surface area (Å²) in [7, 11) is 0. The molecule has 0 saturated heterocycles. The van der Waals surface area contributed by atoms with Gasteiger partial charge in [0.2, 0.25) is 0 Å². The van der Waals surface area contributed by atoms with Crippen LogP contribution in [-0.2, 0) is 6.42 Å². The van der Waals surface area contributed by atoms with Gasteiger partial charge in [-0.15, -0.1) is 0 Å². The maximum absolute atomic E-state index is 8.86. The number of aromatic nitrogens is 1. The molecule has 4 nitrogen and oxygen atoms in total. The zero-order valence-corrected chi connectivity index (χ0v) is 14.4. The molecular formula is C22H20N4. The van der Waals surface area contributed by atoms with Crippen LogP contribution in [-0.4, -0.2) is 16.7 Å². The van der Waals surface area contributed by atoms with Crippen molar-refractivity contribution >= 4 is 28.0 Å². The quantitative estimate of drug-likeness (QED) is 0.580. The van der Waals surface area contributed by atoms with Crippen molar-refractivity contribution in [2.75, 3.05) is 11.1 Å². The van der Waals surface area contributed by atoms with Crippen LogP contribution in [0.4, 0.5) is 11.4 Å². The van der Waals surface area contributed by atoms with Crippen LogP contribution in [0, 0.1) is 17.2 Å². The smallest absolute Gasteiger partial charge is 0.0726 e. The van der Waals surface area contributed by atoms with Gasteiger partial charge in [0.1, 0.15) is 0 Å². The number of hydrogen-bond acceptors (Lipinski definition) is 4. The molecule has 2 aliphatic carbocycles. The molecule has 128 valence electrons. The number of anilines is 2. The highest BCUT2D eigenvalue weighted by molar-refractivity contribution is 6.07. The van der Waals surface area contributed by atoms with E-state index in [9.17, 15) is 0 Å². The van der Waals surface area contributed by atoms with E-state index in [-0.39, 0.29) is 5.92 Å². The topological polar surface area (TPSA) is 74.8 Å². The third-order valence-electron chi connectivity index (χ3n) is 6.66. The van der Waals surface area contributed by atoms with Gasteiger partial charge in [0, 0.05) is 51.3 Å². The van der Waals surface area contributed by atoms with E-state index in [1.807, 2.05) is 30.3 Å². The summed E-state index contributed by atoms with van der Waals surface area (Å²) in [6, 6.07) is 16.7. The second kappa shape index (κ2) is 4.85. The summed E-state index contributed by atoms with van der Waals surface area (Å²) in [6.07, 6.45) is 1.96. The Morgan fingerprint density at radius 3 is 2.81 bits per heavy atom. The Bertz CT molecular complexity index is 1090. The van der Waals surface area contributed by atoms with Gasteiger partial charge in [0.15, 0.2) is 0 Å². The number of nitrogen functional groups attached to an aromatic ring is 1. The van der Waals surface area contributed by atoms with Gasteiger partial charge in [0.05, 0.1) is 5.52 Å². The highest BCUT2D eigenvalue weighted by Crippen LogP contribution is 2.56. The van der Waals surface area contributed by atoms with Crippen molar-refractivity contribution in [2.24, 2.45) is 11.8 Å².